The predicted octanol–water partition coefficient (Wildman–Crippen LogP) is 1.24. The molecular formula is C10H17N3O2S. The van der Waals surface area contributed by atoms with Gasteiger partial charge in [0.2, 0.25) is 5.89 Å². The van der Waals surface area contributed by atoms with Crippen molar-refractivity contribution in [3.63, 3.8) is 0 Å². The first-order valence-corrected chi connectivity index (χ1v) is 6.57. The van der Waals surface area contributed by atoms with E-state index in [0.29, 0.717) is 17.2 Å². The highest BCUT2D eigenvalue weighted by Crippen LogP contribution is 2.15. The van der Waals surface area contributed by atoms with Crippen molar-refractivity contribution in [1.29, 1.82) is 0 Å². The molecule has 90 valence electrons. The lowest BCUT2D eigenvalue weighted by atomic mass is 10.1. The highest BCUT2D eigenvalue weighted by atomic mass is 32.2. The third kappa shape index (κ3) is 3.77. The molecule has 0 saturated carbocycles. The van der Waals surface area contributed by atoms with Gasteiger partial charge in [0.15, 0.2) is 0 Å². The van der Waals surface area contributed by atoms with Gasteiger partial charge in [-0.2, -0.15) is 0 Å². The molecule has 5 nitrogen and oxygen atoms in total. The molecule has 0 unspecified atom stereocenters. The van der Waals surface area contributed by atoms with Gasteiger partial charge in [-0.1, -0.05) is 11.8 Å². The van der Waals surface area contributed by atoms with Crippen LogP contribution in [-0.4, -0.2) is 41.8 Å². The fraction of sp³-hybridized carbons (Fsp3) is 0.800. The van der Waals surface area contributed by atoms with Crippen LogP contribution in [0.25, 0.3) is 0 Å². The summed E-state index contributed by atoms with van der Waals surface area (Å²) in [5, 5.41) is 11.9. The largest absolute Gasteiger partial charge is 0.416 e. The lowest BCUT2D eigenvalue weighted by Gasteiger charge is -2.22. The van der Waals surface area contributed by atoms with Gasteiger partial charge in [-0.15, -0.1) is 10.2 Å². The van der Waals surface area contributed by atoms with Crippen molar-refractivity contribution in [2.75, 3.05) is 25.5 Å². The van der Waals surface area contributed by atoms with E-state index in [1.165, 1.54) is 0 Å². The van der Waals surface area contributed by atoms with E-state index in [0.717, 1.165) is 38.4 Å². The number of nitrogens with one attached hydrogen (secondary N) is 1. The topological polar surface area (TPSA) is 60.2 Å². The molecule has 1 aliphatic heterocycles. The molecule has 0 atom stereocenters. The van der Waals surface area contributed by atoms with Crippen LogP contribution in [0.4, 0.5) is 0 Å². The average molecular weight is 243 g/mol. The van der Waals surface area contributed by atoms with Gasteiger partial charge in [-0.3, -0.25) is 0 Å². The van der Waals surface area contributed by atoms with Gasteiger partial charge in [0.1, 0.15) is 0 Å². The lowest BCUT2D eigenvalue weighted by Crippen LogP contribution is -2.35. The summed E-state index contributed by atoms with van der Waals surface area (Å²) < 4.78 is 10.6. The zero-order chi connectivity index (χ0) is 11.2. The van der Waals surface area contributed by atoms with Crippen LogP contribution in [0, 0.1) is 6.92 Å². The summed E-state index contributed by atoms with van der Waals surface area (Å²) in [5.74, 6) is 1.58. The lowest BCUT2D eigenvalue weighted by molar-refractivity contribution is 0.0786. The third-order valence-electron chi connectivity index (χ3n) is 2.49. The molecule has 0 aliphatic carbocycles. The van der Waals surface area contributed by atoms with E-state index in [1.54, 1.807) is 18.7 Å². The van der Waals surface area contributed by atoms with Crippen molar-refractivity contribution < 1.29 is 9.15 Å². The van der Waals surface area contributed by atoms with Crippen LogP contribution < -0.4 is 5.32 Å². The SMILES string of the molecule is Cc1nnc(SCCNC2CCOCC2)o1. The zero-order valence-electron chi connectivity index (χ0n) is 9.44. The van der Waals surface area contributed by atoms with Crippen molar-refractivity contribution in [1.82, 2.24) is 15.5 Å². The molecule has 1 aromatic rings. The molecule has 2 heterocycles. The number of aromatic nitrogens is 2. The molecule has 0 spiro atoms. The third-order valence-corrected chi connectivity index (χ3v) is 3.31. The first kappa shape index (κ1) is 11.9. The van der Waals surface area contributed by atoms with Crippen LogP contribution >= 0.6 is 11.8 Å². The molecule has 0 bridgehead atoms. The van der Waals surface area contributed by atoms with Gasteiger partial charge >= 0.3 is 0 Å². The number of rotatable bonds is 5. The molecule has 1 fully saturated rings. The summed E-state index contributed by atoms with van der Waals surface area (Å²) >= 11 is 1.60. The average Bonchev–Trinajstić information content (AvgIpc) is 2.72. The van der Waals surface area contributed by atoms with Gasteiger partial charge < -0.3 is 14.5 Å². The molecule has 1 N–H and O–H groups in total. The van der Waals surface area contributed by atoms with E-state index in [-0.39, 0.29) is 0 Å². The Balaban J connectivity index is 1.57. The van der Waals surface area contributed by atoms with Crippen LogP contribution in [0.3, 0.4) is 0 Å². The Labute approximate surface area is 99.3 Å². The summed E-state index contributed by atoms with van der Waals surface area (Å²) in [7, 11) is 0. The maximum Gasteiger partial charge on any atom is 0.276 e. The first-order valence-electron chi connectivity index (χ1n) is 5.58. The van der Waals surface area contributed by atoms with E-state index in [9.17, 15) is 0 Å². The molecular weight excluding hydrogens is 226 g/mol. The van der Waals surface area contributed by atoms with Gasteiger partial charge in [0.05, 0.1) is 0 Å². The number of hydrogen-bond donors (Lipinski definition) is 1. The first-order chi connectivity index (χ1) is 7.84. The highest BCUT2D eigenvalue weighted by molar-refractivity contribution is 7.99. The smallest absolute Gasteiger partial charge is 0.276 e. The highest BCUT2D eigenvalue weighted by Gasteiger charge is 2.12. The van der Waals surface area contributed by atoms with Crippen LogP contribution in [0.5, 0.6) is 0 Å². The van der Waals surface area contributed by atoms with Crippen molar-refractivity contribution in [2.24, 2.45) is 0 Å². The summed E-state index contributed by atoms with van der Waals surface area (Å²) in [6, 6.07) is 0.610. The van der Waals surface area contributed by atoms with Crippen molar-refractivity contribution >= 4 is 11.8 Å². The Kier molecular flexibility index (Phi) is 4.62. The second-order valence-corrected chi connectivity index (χ2v) is 4.82. The number of aryl methyl sites for hydroxylation is 1. The van der Waals surface area contributed by atoms with Crippen LogP contribution in [-0.2, 0) is 4.74 Å². The van der Waals surface area contributed by atoms with E-state index in [1.807, 2.05) is 0 Å². The molecule has 1 aliphatic rings. The van der Waals surface area contributed by atoms with Crippen molar-refractivity contribution in [2.45, 2.75) is 31.0 Å². The minimum absolute atomic E-state index is 0.610. The molecule has 2 rings (SSSR count). The second kappa shape index (κ2) is 6.22. The monoisotopic (exact) mass is 243 g/mol. The van der Waals surface area contributed by atoms with E-state index in [4.69, 9.17) is 9.15 Å². The van der Waals surface area contributed by atoms with Crippen molar-refractivity contribution in [3.8, 4) is 0 Å². The minimum atomic E-state index is 0.610. The molecule has 16 heavy (non-hydrogen) atoms. The number of nitrogens with zero attached hydrogens (tertiary/aromatic N) is 2. The van der Waals surface area contributed by atoms with Crippen LogP contribution in [0.15, 0.2) is 9.64 Å². The molecule has 0 amide bonds. The zero-order valence-corrected chi connectivity index (χ0v) is 10.3. The minimum Gasteiger partial charge on any atom is -0.416 e. The second-order valence-electron chi connectivity index (χ2n) is 3.78. The Morgan fingerprint density at radius 2 is 2.19 bits per heavy atom. The molecule has 0 radical (unpaired) electrons. The van der Waals surface area contributed by atoms with Crippen LogP contribution in [0.1, 0.15) is 18.7 Å². The summed E-state index contributed by atoms with van der Waals surface area (Å²) in [4.78, 5) is 0. The Hall–Kier alpha value is -0.590. The Morgan fingerprint density at radius 3 is 2.88 bits per heavy atom. The van der Waals surface area contributed by atoms with Gasteiger partial charge in [-0.05, 0) is 12.8 Å². The fourth-order valence-corrected chi connectivity index (χ4v) is 2.31. The van der Waals surface area contributed by atoms with E-state index < -0.39 is 0 Å². The standard InChI is InChI=1S/C10H17N3O2S/c1-8-12-13-10(15-8)16-7-4-11-9-2-5-14-6-3-9/h9,11H,2-7H2,1H3. The fourth-order valence-electron chi connectivity index (χ4n) is 1.64. The Morgan fingerprint density at radius 1 is 1.38 bits per heavy atom. The summed E-state index contributed by atoms with van der Waals surface area (Å²) in [5.41, 5.74) is 0. The summed E-state index contributed by atoms with van der Waals surface area (Å²) in [6.07, 6.45) is 2.23. The molecule has 1 saturated heterocycles. The molecule has 6 heteroatoms. The van der Waals surface area contributed by atoms with Gasteiger partial charge in [0, 0.05) is 38.5 Å². The maximum absolute atomic E-state index is 5.30. The summed E-state index contributed by atoms with van der Waals surface area (Å²) in [6.45, 7) is 4.54. The van der Waals surface area contributed by atoms with Gasteiger partial charge in [0.25, 0.3) is 5.22 Å². The normalized spacial score (nSPS) is 17.8. The van der Waals surface area contributed by atoms with E-state index >= 15 is 0 Å². The number of ether oxygens (including phenoxy) is 1. The van der Waals surface area contributed by atoms with Crippen molar-refractivity contribution in [3.05, 3.63) is 5.89 Å². The number of thioether (sulfide) groups is 1. The van der Waals surface area contributed by atoms with Crippen LogP contribution in [0.2, 0.25) is 0 Å². The van der Waals surface area contributed by atoms with Gasteiger partial charge in [-0.25, -0.2) is 0 Å². The quantitative estimate of drug-likeness (QED) is 0.620. The molecule has 1 aromatic heterocycles. The maximum atomic E-state index is 5.30. The Bertz CT molecular complexity index is 313. The molecule has 0 aromatic carbocycles. The number of hydrogen-bond acceptors (Lipinski definition) is 6. The predicted molar refractivity (Wildman–Crippen MR) is 61.6 cm³/mol. The van der Waals surface area contributed by atoms with E-state index in [2.05, 4.69) is 15.5 Å².